The third-order valence-electron chi connectivity index (χ3n) is 1.69. The summed E-state index contributed by atoms with van der Waals surface area (Å²) >= 11 is 0. The number of hydrogen-bond acceptors (Lipinski definition) is 2. The molecule has 0 saturated heterocycles. The molecule has 0 spiro atoms. The molecule has 4 nitrogen and oxygen atoms in total. The number of nitrogens with zero attached hydrogens (tertiary/aromatic N) is 2. The summed E-state index contributed by atoms with van der Waals surface area (Å²) in [6.45, 7) is 2.81. The first kappa shape index (κ1) is 9.77. The van der Waals surface area contributed by atoms with Gasteiger partial charge in [-0.15, -0.1) is 0 Å². The van der Waals surface area contributed by atoms with E-state index in [1.807, 2.05) is 30.3 Å². The molecule has 4 heteroatoms. The highest BCUT2D eigenvalue weighted by Crippen LogP contribution is 1.90. The molecule has 1 aromatic heterocycles. The maximum Gasteiger partial charge on any atom is 0.302 e. The van der Waals surface area contributed by atoms with Gasteiger partial charge in [-0.3, -0.25) is 4.79 Å². The molecule has 13 heavy (non-hydrogen) atoms. The number of hydrogen-bond donors (Lipinski definition) is 0. The van der Waals surface area contributed by atoms with E-state index in [4.69, 9.17) is 4.74 Å². The van der Waals surface area contributed by atoms with E-state index in [1.165, 1.54) is 6.92 Å². The highest BCUT2D eigenvalue weighted by atomic mass is 16.5. The van der Waals surface area contributed by atoms with Crippen LogP contribution in [0.1, 0.15) is 13.3 Å². The van der Waals surface area contributed by atoms with Crippen molar-refractivity contribution in [3.63, 3.8) is 0 Å². The SMILES string of the molecule is CC(=O)OCCCn1cc[n+](C)c1. The second kappa shape index (κ2) is 4.64. The van der Waals surface area contributed by atoms with Crippen molar-refractivity contribution in [2.24, 2.45) is 7.05 Å². The molecule has 1 heterocycles. The monoisotopic (exact) mass is 183 g/mol. The highest BCUT2D eigenvalue weighted by Gasteiger charge is 1.99. The van der Waals surface area contributed by atoms with Crippen molar-refractivity contribution in [2.45, 2.75) is 19.9 Å². The Bertz CT molecular complexity index is 281. The summed E-state index contributed by atoms with van der Waals surface area (Å²) in [4.78, 5) is 10.4. The molecular formula is C9H15N2O2+. The number of aryl methyl sites for hydroxylation is 2. The van der Waals surface area contributed by atoms with Crippen LogP contribution in [0.5, 0.6) is 0 Å². The number of imidazole rings is 1. The van der Waals surface area contributed by atoms with Gasteiger partial charge in [0, 0.05) is 13.3 Å². The lowest BCUT2D eigenvalue weighted by molar-refractivity contribution is -0.671. The lowest BCUT2D eigenvalue weighted by Gasteiger charge is -1.98. The summed E-state index contributed by atoms with van der Waals surface area (Å²) < 4.78 is 8.85. The van der Waals surface area contributed by atoms with Crippen LogP contribution in [0.25, 0.3) is 0 Å². The van der Waals surface area contributed by atoms with Crippen LogP contribution >= 0.6 is 0 Å². The Morgan fingerprint density at radius 2 is 2.38 bits per heavy atom. The zero-order valence-corrected chi connectivity index (χ0v) is 8.06. The molecule has 0 N–H and O–H groups in total. The lowest BCUT2D eigenvalue weighted by Crippen LogP contribution is -2.23. The second-order valence-electron chi connectivity index (χ2n) is 3.01. The number of esters is 1. The number of rotatable bonds is 4. The van der Waals surface area contributed by atoms with Crippen molar-refractivity contribution >= 4 is 5.97 Å². The van der Waals surface area contributed by atoms with Crippen LogP contribution in [-0.2, 0) is 23.1 Å². The van der Waals surface area contributed by atoms with E-state index in [1.54, 1.807) is 0 Å². The zero-order chi connectivity index (χ0) is 9.68. The molecule has 0 aliphatic rings. The fourth-order valence-corrected chi connectivity index (χ4v) is 1.10. The predicted octanol–water partition coefficient (Wildman–Crippen LogP) is 0.266. The van der Waals surface area contributed by atoms with E-state index in [-0.39, 0.29) is 5.97 Å². The molecule has 1 rings (SSSR count). The van der Waals surface area contributed by atoms with Gasteiger partial charge < -0.3 is 4.74 Å². The van der Waals surface area contributed by atoms with E-state index >= 15 is 0 Å². The Morgan fingerprint density at radius 1 is 1.62 bits per heavy atom. The van der Waals surface area contributed by atoms with Crippen LogP contribution in [0.4, 0.5) is 0 Å². The van der Waals surface area contributed by atoms with Gasteiger partial charge >= 0.3 is 5.97 Å². The summed E-state index contributed by atoms with van der Waals surface area (Å²) in [5.74, 6) is -0.210. The first-order valence-corrected chi connectivity index (χ1v) is 4.33. The van der Waals surface area contributed by atoms with Crippen molar-refractivity contribution in [3.8, 4) is 0 Å². The van der Waals surface area contributed by atoms with Crippen molar-refractivity contribution < 1.29 is 14.1 Å². The van der Waals surface area contributed by atoms with Gasteiger partial charge in [-0.1, -0.05) is 0 Å². The molecule has 0 aliphatic carbocycles. The molecule has 0 amide bonds. The molecule has 0 atom stereocenters. The molecule has 0 aliphatic heterocycles. The molecule has 0 bridgehead atoms. The van der Waals surface area contributed by atoms with E-state index in [0.29, 0.717) is 6.61 Å². The van der Waals surface area contributed by atoms with E-state index in [9.17, 15) is 4.79 Å². The van der Waals surface area contributed by atoms with Crippen LogP contribution in [-0.4, -0.2) is 17.1 Å². The van der Waals surface area contributed by atoms with Gasteiger partial charge in [-0.05, 0) is 0 Å². The quantitative estimate of drug-likeness (QED) is 0.381. The Balaban J connectivity index is 2.16. The zero-order valence-electron chi connectivity index (χ0n) is 8.06. The Hall–Kier alpha value is -1.32. The molecular weight excluding hydrogens is 168 g/mol. The number of carbonyl (C=O) groups is 1. The molecule has 72 valence electrons. The molecule has 0 fully saturated rings. The largest absolute Gasteiger partial charge is 0.466 e. The van der Waals surface area contributed by atoms with Gasteiger partial charge in [0.1, 0.15) is 12.4 Å². The maximum atomic E-state index is 10.4. The first-order valence-electron chi connectivity index (χ1n) is 4.33. The van der Waals surface area contributed by atoms with Gasteiger partial charge in [0.2, 0.25) is 6.33 Å². The van der Waals surface area contributed by atoms with Crippen LogP contribution < -0.4 is 4.57 Å². The van der Waals surface area contributed by atoms with Gasteiger partial charge in [0.05, 0.1) is 20.2 Å². The topological polar surface area (TPSA) is 35.1 Å². The average Bonchev–Trinajstić information content (AvgIpc) is 2.45. The minimum absolute atomic E-state index is 0.210. The Kier molecular flexibility index (Phi) is 3.49. The van der Waals surface area contributed by atoms with Crippen molar-refractivity contribution in [3.05, 3.63) is 18.7 Å². The lowest BCUT2D eigenvalue weighted by atomic mass is 10.4. The third-order valence-corrected chi connectivity index (χ3v) is 1.69. The minimum Gasteiger partial charge on any atom is -0.466 e. The first-order chi connectivity index (χ1) is 6.18. The number of carbonyl (C=O) groups excluding carboxylic acids is 1. The van der Waals surface area contributed by atoms with Crippen LogP contribution in [0.2, 0.25) is 0 Å². The Morgan fingerprint density at radius 3 is 2.92 bits per heavy atom. The van der Waals surface area contributed by atoms with Gasteiger partial charge in [-0.25, -0.2) is 9.13 Å². The van der Waals surface area contributed by atoms with Crippen LogP contribution in [0.3, 0.4) is 0 Å². The standard InChI is InChI=1S/C9H15N2O2/c1-9(12)13-7-3-4-11-6-5-10(2)8-11/h5-6,8H,3-4,7H2,1-2H3/q+1. The van der Waals surface area contributed by atoms with Gasteiger partial charge in [-0.2, -0.15) is 0 Å². The highest BCUT2D eigenvalue weighted by molar-refractivity contribution is 5.65. The summed E-state index contributed by atoms with van der Waals surface area (Å²) in [5, 5.41) is 0. The average molecular weight is 183 g/mol. The van der Waals surface area contributed by atoms with Crippen molar-refractivity contribution in [2.75, 3.05) is 6.61 Å². The normalized spacial score (nSPS) is 10.0. The fourth-order valence-electron chi connectivity index (χ4n) is 1.10. The van der Waals surface area contributed by atoms with Crippen molar-refractivity contribution in [1.82, 2.24) is 4.57 Å². The van der Waals surface area contributed by atoms with Gasteiger partial charge in [0.25, 0.3) is 0 Å². The Labute approximate surface area is 77.7 Å². The van der Waals surface area contributed by atoms with Gasteiger partial charge in [0.15, 0.2) is 0 Å². The molecule has 0 saturated carbocycles. The summed E-state index contributed by atoms with van der Waals surface area (Å²) in [6.07, 6.45) is 6.82. The second-order valence-corrected chi connectivity index (χ2v) is 3.01. The van der Waals surface area contributed by atoms with E-state index < -0.39 is 0 Å². The molecule has 1 aromatic rings. The number of ether oxygens (including phenoxy) is 1. The molecule has 0 unspecified atom stereocenters. The predicted molar refractivity (Wildman–Crippen MR) is 46.9 cm³/mol. The summed E-state index contributed by atoms with van der Waals surface area (Å²) in [7, 11) is 1.97. The summed E-state index contributed by atoms with van der Waals surface area (Å²) in [6, 6.07) is 0. The summed E-state index contributed by atoms with van der Waals surface area (Å²) in [5.41, 5.74) is 0. The minimum atomic E-state index is -0.210. The van der Waals surface area contributed by atoms with Crippen LogP contribution in [0.15, 0.2) is 18.7 Å². The third kappa shape index (κ3) is 3.73. The molecule has 0 radical (unpaired) electrons. The van der Waals surface area contributed by atoms with E-state index in [0.717, 1.165) is 13.0 Å². The number of aromatic nitrogens is 2. The van der Waals surface area contributed by atoms with Crippen molar-refractivity contribution in [1.29, 1.82) is 0 Å². The van der Waals surface area contributed by atoms with E-state index in [2.05, 4.69) is 4.57 Å². The van der Waals surface area contributed by atoms with Crippen LogP contribution in [0, 0.1) is 0 Å². The molecule has 0 aromatic carbocycles. The fraction of sp³-hybridized carbons (Fsp3) is 0.556. The smallest absolute Gasteiger partial charge is 0.302 e. The maximum absolute atomic E-state index is 10.4.